The molecule has 1 fully saturated rings. The molecule has 0 spiro atoms. The molecule has 0 aromatic carbocycles. The van der Waals surface area contributed by atoms with Crippen LogP contribution in [0.1, 0.15) is 34.8 Å². The Balaban J connectivity index is 2.59. The van der Waals surface area contributed by atoms with Crippen LogP contribution in [0.2, 0.25) is 0 Å². The lowest BCUT2D eigenvalue weighted by Crippen LogP contribution is -2.14. The van der Waals surface area contributed by atoms with E-state index in [1.54, 1.807) is 7.05 Å². The van der Waals surface area contributed by atoms with Gasteiger partial charge in [0.2, 0.25) is 0 Å². The fourth-order valence-corrected chi connectivity index (χ4v) is 1.38. The van der Waals surface area contributed by atoms with E-state index in [0.29, 0.717) is 17.8 Å². The SMILES string of the molecule is Cn1[nH]c(C2CC2)c(C=O)c1=O. The lowest BCUT2D eigenvalue weighted by Gasteiger charge is -1.90. The van der Waals surface area contributed by atoms with Crippen LogP contribution in [-0.4, -0.2) is 16.1 Å². The zero-order valence-corrected chi connectivity index (χ0v) is 6.83. The van der Waals surface area contributed by atoms with Gasteiger partial charge in [0.05, 0.1) is 5.69 Å². The maximum atomic E-state index is 11.3. The minimum Gasteiger partial charge on any atom is -0.299 e. The second-order valence-electron chi connectivity index (χ2n) is 3.20. The molecular weight excluding hydrogens is 156 g/mol. The minimum absolute atomic E-state index is 0.216. The summed E-state index contributed by atoms with van der Waals surface area (Å²) in [5.41, 5.74) is 0.907. The third kappa shape index (κ3) is 0.913. The monoisotopic (exact) mass is 166 g/mol. The van der Waals surface area contributed by atoms with Crippen molar-refractivity contribution >= 4 is 6.29 Å². The topological polar surface area (TPSA) is 54.9 Å². The van der Waals surface area contributed by atoms with Crippen molar-refractivity contribution in [3.63, 3.8) is 0 Å². The second kappa shape index (κ2) is 2.33. The summed E-state index contributed by atoms with van der Waals surface area (Å²) in [7, 11) is 1.63. The lowest BCUT2D eigenvalue weighted by molar-refractivity contribution is 0.112. The summed E-state index contributed by atoms with van der Waals surface area (Å²) in [6, 6.07) is 0. The van der Waals surface area contributed by atoms with Crippen LogP contribution in [0.3, 0.4) is 0 Å². The van der Waals surface area contributed by atoms with Crippen molar-refractivity contribution in [1.29, 1.82) is 0 Å². The molecule has 2 rings (SSSR count). The quantitative estimate of drug-likeness (QED) is 0.646. The van der Waals surface area contributed by atoms with Gasteiger partial charge >= 0.3 is 0 Å². The number of aromatic nitrogens is 2. The van der Waals surface area contributed by atoms with Gasteiger partial charge in [0.15, 0.2) is 6.29 Å². The van der Waals surface area contributed by atoms with Gasteiger partial charge in [0, 0.05) is 13.0 Å². The van der Waals surface area contributed by atoms with E-state index < -0.39 is 0 Å². The molecule has 0 amide bonds. The van der Waals surface area contributed by atoms with Gasteiger partial charge in [0.25, 0.3) is 5.56 Å². The summed E-state index contributed by atoms with van der Waals surface area (Å²) in [4.78, 5) is 21.8. The largest absolute Gasteiger partial charge is 0.299 e. The van der Waals surface area contributed by atoms with E-state index in [1.165, 1.54) is 4.68 Å². The molecule has 0 aliphatic heterocycles. The van der Waals surface area contributed by atoms with Crippen LogP contribution < -0.4 is 5.56 Å². The van der Waals surface area contributed by atoms with Gasteiger partial charge in [-0.2, -0.15) is 0 Å². The Morgan fingerprint density at radius 2 is 2.25 bits per heavy atom. The first kappa shape index (κ1) is 7.34. The number of carbonyl (C=O) groups is 1. The van der Waals surface area contributed by atoms with Gasteiger partial charge < -0.3 is 0 Å². The predicted molar refractivity (Wildman–Crippen MR) is 43.4 cm³/mol. The van der Waals surface area contributed by atoms with Gasteiger partial charge in [-0.3, -0.25) is 19.4 Å². The van der Waals surface area contributed by atoms with Crippen molar-refractivity contribution in [1.82, 2.24) is 9.78 Å². The number of aldehydes is 1. The van der Waals surface area contributed by atoms with Crippen molar-refractivity contribution in [3.05, 3.63) is 21.6 Å². The summed E-state index contributed by atoms with van der Waals surface area (Å²) in [5.74, 6) is 0.416. The molecule has 1 aromatic rings. The zero-order chi connectivity index (χ0) is 8.72. The van der Waals surface area contributed by atoms with E-state index in [1.807, 2.05) is 0 Å². The highest BCUT2D eigenvalue weighted by atomic mass is 16.1. The van der Waals surface area contributed by atoms with Crippen LogP contribution in [0.4, 0.5) is 0 Å². The fraction of sp³-hybridized carbons (Fsp3) is 0.500. The van der Waals surface area contributed by atoms with E-state index in [0.717, 1.165) is 18.5 Å². The molecule has 1 N–H and O–H groups in total. The van der Waals surface area contributed by atoms with E-state index in [2.05, 4.69) is 5.10 Å². The number of nitrogens with zero attached hydrogens (tertiary/aromatic N) is 1. The molecule has 0 bridgehead atoms. The summed E-state index contributed by atoms with van der Waals surface area (Å²) < 4.78 is 1.36. The molecule has 1 saturated carbocycles. The standard InChI is InChI=1S/C8H10N2O2/c1-10-8(12)6(4-11)7(9-10)5-2-3-5/h4-5,9H,2-3H2,1H3. The summed E-state index contributed by atoms with van der Waals surface area (Å²) in [6.45, 7) is 0. The predicted octanol–water partition coefficient (Wildman–Crippen LogP) is 0.403. The number of rotatable bonds is 2. The number of hydrogen-bond donors (Lipinski definition) is 1. The smallest absolute Gasteiger partial charge is 0.277 e. The van der Waals surface area contributed by atoms with Gasteiger partial charge in [-0.25, -0.2) is 0 Å². The molecular formula is C8H10N2O2. The Morgan fingerprint density at radius 1 is 1.58 bits per heavy atom. The number of nitrogens with one attached hydrogen (secondary N) is 1. The molecule has 4 nitrogen and oxygen atoms in total. The second-order valence-corrected chi connectivity index (χ2v) is 3.20. The highest BCUT2D eigenvalue weighted by Gasteiger charge is 2.29. The van der Waals surface area contributed by atoms with Crippen LogP contribution in [-0.2, 0) is 7.05 Å². The number of H-pyrrole nitrogens is 1. The van der Waals surface area contributed by atoms with Crippen molar-refractivity contribution in [3.8, 4) is 0 Å². The maximum absolute atomic E-state index is 11.3. The Kier molecular flexibility index (Phi) is 1.43. The molecule has 1 heterocycles. The van der Waals surface area contributed by atoms with Gasteiger partial charge in [-0.1, -0.05) is 0 Å². The minimum atomic E-state index is -0.216. The Hall–Kier alpha value is -1.32. The van der Waals surface area contributed by atoms with Crippen molar-refractivity contribution in [2.75, 3.05) is 0 Å². The van der Waals surface area contributed by atoms with Crippen molar-refractivity contribution in [2.24, 2.45) is 7.05 Å². The first-order chi connectivity index (χ1) is 5.74. The molecule has 0 saturated heterocycles. The first-order valence-electron chi connectivity index (χ1n) is 3.98. The number of hydrogen-bond acceptors (Lipinski definition) is 2. The molecule has 0 radical (unpaired) electrons. The Morgan fingerprint density at radius 3 is 2.75 bits per heavy atom. The third-order valence-electron chi connectivity index (χ3n) is 2.22. The van der Waals surface area contributed by atoms with Crippen molar-refractivity contribution < 1.29 is 4.79 Å². The van der Waals surface area contributed by atoms with E-state index in [4.69, 9.17) is 0 Å². The summed E-state index contributed by atoms with van der Waals surface area (Å²) in [6.07, 6.45) is 2.81. The zero-order valence-electron chi connectivity index (χ0n) is 6.83. The van der Waals surface area contributed by atoms with Gasteiger partial charge in [-0.15, -0.1) is 0 Å². The fourth-order valence-electron chi connectivity index (χ4n) is 1.38. The first-order valence-corrected chi connectivity index (χ1v) is 3.98. The average Bonchev–Trinajstić information content (AvgIpc) is 2.82. The Labute approximate surface area is 69.2 Å². The van der Waals surface area contributed by atoms with Gasteiger partial charge in [-0.05, 0) is 12.8 Å². The highest BCUT2D eigenvalue weighted by Crippen LogP contribution is 2.39. The normalized spacial score (nSPS) is 16.4. The average molecular weight is 166 g/mol. The van der Waals surface area contributed by atoms with E-state index in [-0.39, 0.29) is 5.56 Å². The number of aryl methyl sites for hydroxylation is 1. The van der Waals surface area contributed by atoms with Crippen LogP contribution in [0.5, 0.6) is 0 Å². The molecule has 1 aliphatic carbocycles. The van der Waals surface area contributed by atoms with Crippen LogP contribution in [0.25, 0.3) is 0 Å². The summed E-state index contributed by atoms with van der Waals surface area (Å²) >= 11 is 0. The molecule has 64 valence electrons. The molecule has 12 heavy (non-hydrogen) atoms. The van der Waals surface area contributed by atoms with Gasteiger partial charge in [0.1, 0.15) is 5.56 Å². The number of aromatic amines is 1. The lowest BCUT2D eigenvalue weighted by atomic mass is 10.2. The molecule has 1 aliphatic rings. The third-order valence-corrected chi connectivity index (χ3v) is 2.22. The van der Waals surface area contributed by atoms with E-state index in [9.17, 15) is 9.59 Å². The van der Waals surface area contributed by atoms with E-state index >= 15 is 0 Å². The molecule has 4 heteroatoms. The highest BCUT2D eigenvalue weighted by molar-refractivity contribution is 5.76. The molecule has 1 aromatic heterocycles. The Bertz CT molecular complexity index is 371. The van der Waals surface area contributed by atoms with Crippen molar-refractivity contribution in [2.45, 2.75) is 18.8 Å². The van der Waals surface area contributed by atoms with Crippen LogP contribution in [0.15, 0.2) is 4.79 Å². The van der Waals surface area contributed by atoms with Crippen LogP contribution in [0, 0.1) is 0 Å². The molecule has 0 atom stereocenters. The summed E-state index contributed by atoms with van der Waals surface area (Å²) in [5, 5.41) is 2.90. The molecule has 0 unspecified atom stereocenters. The number of carbonyl (C=O) groups excluding carboxylic acids is 1. The van der Waals surface area contributed by atoms with Crippen LogP contribution >= 0.6 is 0 Å². The maximum Gasteiger partial charge on any atom is 0.277 e.